The maximum atomic E-state index is 11.4. The average molecular weight is 360 g/mol. The summed E-state index contributed by atoms with van der Waals surface area (Å²) >= 11 is 17.8. The summed E-state index contributed by atoms with van der Waals surface area (Å²) in [6.45, 7) is 1.82. The summed E-state index contributed by atoms with van der Waals surface area (Å²) in [7, 11) is 0. The summed E-state index contributed by atoms with van der Waals surface area (Å²) in [6.07, 6.45) is -0.896. The molecule has 0 fully saturated rings. The molecule has 3 nitrogen and oxygen atoms in total. The Bertz CT molecular complexity index is 681. The molecule has 2 aromatic rings. The zero-order valence-electron chi connectivity index (χ0n) is 11.6. The molecule has 6 heteroatoms. The Labute approximate surface area is 143 Å². The number of carboxylic acid groups (broad SMARTS) is 1. The van der Waals surface area contributed by atoms with Crippen molar-refractivity contribution in [3.63, 3.8) is 0 Å². The van der Waals surface area contributed by atoms with Gasteiger partial charge >= 0.3 is 5.97 Å². The van der Waals surface area contributed by atoms with E-state index in [0.29, 0.717) is 26.4 Å². The van der Waals surface area contributed by atoms with Gasteiger partial charge in [0.05, 0.1) is 0 Å². The van der Waals surface area contributed by atoms with Crippen molar-refractivity contribution in [2.24, 2.45) is 0 Å². The van der Waals surface area contributed by atoms with E-state index < -0.39 is 12.1 Å². The minimum atomic E-state index is -1.07. The van der Waals surface area contributed by atoms with E-state index in [4.69, 9.17) is 39.5 Å². The third-order valence-corrected chi connectivity index (χ3v) is 3.89. The lowest BCUT2D eigenvalue weighted by molar-refractivity contribution is -0.145. The van der Waals surface area contributed by atoms with Crippen LogP contribution in [0, 0.1) is 6.92 Å². The number of aryl methyl sites for hydroxylation is 1. The molecular weight excluding hydrogens is 347 g/mol. The molecule has 2 aromatic carbocycles. The van der Waals surface area contributed by atoms with Gasteiger partial charge in [0.25, 0.3) is 0 Å². The minimum Gasteiger partial charge on any atom is -0.478 e. The summed E-state index contributed by atoms with van der Waals surface area (Å²) < 4.78 is 5.55. The number of carboxylic acids is 1. The fraction of sp³-hybridized carbons (Fsp3) is 0.188. The summed E-state index contributed by atoms with van der Waals surface area (Å²) in [5, 5.41) is 10.8. The van der Waals surface area contributed by atoms with Crippen LogP contribution in [-0.2, 0) is 11.2 Å². The number of rotatable bonds is 5. The van der Waals surface area contributed by atoms with Crippen LogP contribution < -0.4 is 4.74 Å². The van der Waals surface area contributed by atoms with E-state index in [1.165, 1.54) is 0 Å². The first-order chi connectivity index (χ1) is 10.3. The molecule has 0 unspecified atom stereocenters. The molecule has 0 amide bonds. The lowest BCUT2D eigenvalue weighted by Crippen LogP contribution is -2.29. The number of halogens is 3. The molecule has 116 valence electrons. The van der Waals surface area contributed by atoms with Gasteiger partial charge in [-0.15, -0.1) is 0 Å². The molecule has 0 aliphatic carbocycles. The molecule has 2 rings (SSSR count). The van der Waals surface area contributed by atoms with Crippen LogP contribution in [0.3, 0.4) is 0 Å². The molecular formula is C16H13Cl3O3. The highest BCUT2D eigenvalue weighted by Gasteiger charge is 2.21. The highest BCUT2D eigenvalue weighted by Crippen LogP contribution is 2.24. The van der Waals surface area contributed by atoms with Crippen LogP contribution in [0.2, 0.25) is 15.1 Å². The van der Waals surface area contributed by atoms with Crippen LogP contribution in [-0.4, -0.2) is 17.2 Å². The lowest BCUT2D eigenvalue weighted by atomic mass is 10.1. The molecule has 0 radical (unpaired) electrons. The van der Waals surface area contributed by atoms with E-state index >= 15 is 0 Å². The van der Waals surface area contributed by atoms with Gasteiger partial charge in [0.2, 0.25) is 0 Å². The molecule has 22 heavy (non-hydrogen) atoms. The zero-order valence-corrected chi connectivity index (χ0v) is 13.9. The molecule has 0 bridgehead atoms. The summed E-state index contributed by atoms with van der Waals surface area (Å²) in [5.74, 6) is -0.619. The first-order valence-electron chi connectivity index (χ1n) is 6.46. The second kappa shape index (κ2) is 7.23. The predicted molar refractivity (Wildman–Crippen MR) is 88.4 cm³/mol. The number of benzene rings is 2. The highest BCUT2D eigenvalue weighted by atomic mass is 35.5. The van der Waals surface area contributed by atoms with Crippen LogP contribution in [0.1, 0.15) is 11.1 Å². The van der Waals surface area contributed by atoms with Crippen molar-refractivity contribution in [2.75, 3.05) is 0 Å². The Morgan fingerprint density at radius 1 is 1.14 bits per heavy atom. The van der Waals surface area contributed by atoms with E-state index in [0.717, 1.165) is 5.56 Å². The van der Waals surface area contributed by atoms with Crippen LogP contribution in [0.4, 0.5) is 0 Å². The Morgan fingerprint density at radius 2 is 1.77 bits per heavy atom. The van der Waals surface area contributed by atoms with E-state index in [-0.39, 0.29) is 6.42 Å². The highest BCUT2D eigenvalue weighted by molar-refractivity contribution is 6.34. The zero-order chi connectivity index (χ0) is 16.3. The van der Waals surface area contributed by atoms with Gasteiger partial charge in [-0.3, -0.25) is 0 Å². The van der Waals surface area contributed by atoms with E-state index in [9.17, 15) is 9.90 Å². The maximum Gasteiger partial charge on any atom is 0.345 e. The van der Waals surface area contributed by atoms with Gasteiger partial charge in [0, 0.05) is 21.5 Å². The molecule has 0 saturated carbocycles. The fourth-order valence-electron chi connectivity index (χ4n) is 1.98. The van der Waals surface area contributed by atoms with Crippen molar-refractivity contribution >= 4 is 40.8 Å². The van der Waals surface area contributed by atoms with Crippen molar-refractivity contribution < 1.29 is 14.6 Å². The van der Waals surface area contributed by atoms with Crippen molar-refractivity contribution in [3.05, 3.63) is 62.6 Å². The molecule has 1 atom stereocenters. The van der Waals surface area contributed by atoms with Crippen molar-refractivity contribution in [1.82, 2.24) is 0 Å². The summed E-state index contributed by atoms with van der Waals surface area (Å²) in [5.41, 5.74) is 1.50. The average Bonchev–Trinajstić information content (AvgIpc) is 2.41. The van der Waals surface area contributed by atoms with Crippen molar-refractivity contribution in [3.8, 4) is 5.75 Å². The normalized spacial score (nSPS) is 12.0. The Kier molecular flexibility index (Phi) is 5.57. The van der Waals surface area contributed by atoms with Gasteiger partial charge in [-0.05, 0) is 54.4 Å². The van der Waals surface area contributed by atoms with Crippen LogP contribution >= 0.6 is 34.8 Å². The number of hydrogen-bond acceptors (Lipinski definition) is 2. The fourth-order valence-corrected chi connectivity index (χ4v) is 2.67. The quantitative estimate of drug-likeness (QED) is 0.814. The van der Waals surface area contributed by atoms with Gasteiger partial charge in [0.15, 0.2) is 6.10 Å². The van der Waals surface area contributed by atoms with Crippen molar-refractivity contribution in [2.45, 2.75) is 19.4 Å². The summed E-state index contributed by atoms with van der Waals surface area (Å²) in [6, 6.07) is 9.92. The second-order valence-corrected chi connectivity index (χ2v) is 6.12. The smallest absolute Gasteiger partial charge is 0.345 e. The topological polar surface area (TPSA) is 46.5 Å². The molecule has 0 spiro atoms. The maximum absolute atomic E-state index is 11.4. The number of aliphatic carboxylic acids is 1. The predicted octanol–water partition coefficient (Wildman–Crippen LogP) is 5.03. The first kappa shape index (κ1) is 16.9. The number of ether oxygens (including phenoxy) is 1. The third kappa shape index (κ3) is 4.54. The van der Waals surface area contributed by atoms with Crippen LogP contribution in [0.5, 0.6) is 5.75 Å². The van der Waals surface area contributed by atoms with E-state index in [1.54, 1.807) is 36.4 Å². The Morgan fingerprint density at radius 3 is 2.32 bits per heavy atom. The molecule has 0 heterocycles. The Hall–Kier alpha value is -1.42. The molecule has 0 aliphatic heterocycles. The minimum absolute atomic E-state index is 0.150. The largest absolute Gasteiger partial charge is 0.478 e. The van der Waals surface area contributed by atoms with Crippen molar-refractivity contribution in [1.29, 1.82) is 0 Å². The Balaban J connectivity index is 2.19. The summed E-state index contributed by atoms with van der Waals surface area (Å²) in [4.78, 5) is 11.4. The number of hydrogen-bond donors (Lipinski definition) is 1. The standard InChI is InChI=1S/C16H13Cl3O3/c1-9-4-13(2-3-14(9)19)22-15(16(20)21)7-10-5-11(17)8-12(18)6-10/h2-6,8,15H,7H2,1H3,(H,20,21)/t15-/m1/s1. The van der Waals surface area contributed by atoms with Gasteiger partial charge in [-0.1, -0.05) is 34.8 Å². The molecule has 1 N–H and O–H groups in total. The van der Waals surface area contributed by atoms with Crippen LogP contribution in [0.15, 0.2) is 36.4 Å². The van der Waals surface area contributed by atoms with E-state index in [1.807, 2.05) is 6.92 Å². The molecule has 0 saturated heterocycles. The van der Waals surface area contributed by atoms with Gasteiger partial charge in [-0.25, -0.2) is 4.79 Å². The first-order valence-corrected chi connectivity index (χ1v) is 7.59. The van der Waals surface area contributed by atoms with E-state index in [2.05, 4.69) is 0 Å². The SMILES string of the molecule is Cc1cc(O[C@H](Cc2cc(Cl)cc(Cl)c2)C(=O)O)ccc1Cl. The van der Waals surface area contributed by atoms with Gasteiger partial charge in [0.1, 0.15) is 5.75 Å². The molecule has 0 aromatic heterocycles. The van der Waals surface area contributed by atoms with Crippen LogP contribution in [0.25, 0.3) is 0 Å². The molecule has 0 aliphatic rings. The second-order valence-electron chi connectivity index (χ2n) is 4.84. The monoisotopic (exact) mass is 358 g/mol. The lowest BCUT2D eigenvalue weighted by Gasteiger charge is -2.16. The number of carbonyl (C=O) groups is 1. The van der Waals surface area contributed by atoms with Gasteiger partial charge in [-0.2, -0.15) is 0 Å². The third-order valence-electron chi connectivity index (χ3n) is 3.03. The van der Waals surface area contributed by atoms with Gasteiger partial charge < -0.3 is 9.84 Å².